The minimum atomic E-state index is -0.196. The lowest BCUT2D eigenvalue weighted by molar-refractivity contribution is 0.167. The first-order chi connectivity index (χ1) is 14.5. The highest BCUT2D eigenvalue weighted by atomic mass is 16.2. The van der Waals surface area contributed by atoms with E-state index in [4.69, 9.17) is 0 Å². The van der Waals surface area contributed by atoms with Gasteiger partial charge in [0.15, 0.2) is 0 Å². The Morgan fingerprint density at radius 3 is 2.33 bits per heavy atom. The van der Waals surface area contributed by atoms with Gasteiger partial charge in [-0.2, -0.15) is 0 Å². The SMILES string of the molecule is CC1CC(NCCCN(C)C)NC(NC(=O)NC2CCC(C3CCCCC3)CC2)N1. The number of carbonyl (C=O) groups is 1. The van der Waals surface area contributed by atoms with Crippen LogP contribution in [0.1, 0.15) is 77.6 Å². The van der Waals surface area contributed by atoms with Gasteiger partial charge in [-0.25, -0.2) is 4.79 Å². The maximum Gasteiger partial charge on any atom is 0.317 e. The molecule has 3 atom stereocenters. The maximum absolute atomic E-state index is 12.6. The highest BCUT2D eigenvalue weighted by Gasteiger charge is 2.30. The van der Waals surface area contributed by atoms with E-state index in [9.17, 15) is 4.79 Å². The summed E-state index contributed by atoms with van der Waals surface area (Å²) in [7, 11) is 4.21. The van der Waals surface area contributed by atoms with Gasteiger partial charge in [0.05, 0.1) is 6.17 Å². The number of hydrogen-bond acceptors (Lipinski definition) is 5. The Morgan fingerprint density at radius 2 is 1.63 bits per heavy atom. The number of carbonyl (C=O) groups excluding carboxylic acids is 1. The normalized spacial score (nSPS) is 33.4. The van der Waals surface area contributed by atoms with E-state index in [1.165, 1.54) is 44.9 Å². The second-order valence-corrected chi connectivity index (χ2v) is 10.2. The molecule has 174 valence electrons. The first kappa shape index (κ1) is 23.8. The van der Waals surface area contributed by atoms with E-state index in [-0.39, 0.29) is 18.5 Å². The number of nitrogens with zero attached hydrogens (tertiary/aromatic N) is 1. The van der Waals surface area contributed by atoms with Crippen LogP contribution in [0.3, 0.4) is 0 Å². The van der Waals surface area contributed by atoms with Crippen molar-refractivity contribution in [1.29, 1.82) is 0 Å². The molecule has 3 aliphatic rings. The molecule has 1 aliphatic heterocycles. The standard InChI is InChI=1S/C23H46N6O/c1-17-16-21(24-14-7-15-29(2)3)27-22(25-17)28-23(30)26-20-12-10-19(11-13-20)18-8-5-4-6-9-18/h17-22,24-25,27H,4-16H2,1-3H3,(H2,26,28,30). The minimum absolute atomic E-state index is 0.0541. The quantitative estimate of drug-likeness (QED) is 0.389. The molecular formula is C23H46N6O. The van der Waals surface area contributed by atoms with Gasteiger partial charge in [0, 0.05) is 12.1 Å². The zero-order chi connectivity index (χ0) is 21.3. The van der Waals surface area contributed by atoms with Crippen LogP contribution < -0.4 is 26.6 Å². The summed E-state index contributed by atoms with van der Waals surface area (Å²) in [5.41, 5.74) is 0. The van der Waals surface area contributed by atoms with Crippen molar-refractivity contribution >= 4 is 6.03 Å². The van der Waals surface area contributed by atoms with E-state index >= 15 is 0 Å². The Hall–Kier alpha value is -0.890. The molecule has 2 saturated carbocycles. The third-order valence-electron chi connectivity index (χ3n) is 7.28. The van der Waals surface area contributed by atoms with Gasteiger partial charge in [0.25, 0.3) is 0 Å². The summed E-state index contributed by atoms with van der Waals surface area (Å²) in [6.45, 7) is 4.24. The fourth-order valence-corrected chi connectivity index (χ4v) is 5.62. The molecule has 1 saturated heterocycles. The van der Waals surface area contributed by atoms with Gasteiger partial charge in [0.1, 0.15) is 6.29 Å². The summed E-state index contributed by atoms with van der Waals surface area (Å²) in [4.78, 5) is 14.8. The molecule has 3 fully saturated rings. The monoisotopic (exact) mass is 422 g/mol. The summed E-state index contributed by atoms with van der Waals surface area (Å²) in [6.07, 6.45) is 14.1. The third kappa shape index (κ3) is 7.98. The molecule has 30 heavy (non-hydrogen) atoms. The molecule has 3 unspecified atom stereocenters. The minimum Gasteiger partial charge on any atom is -0.335 e. The van der Waals surface area contributed by atoms with Crippen molar-refractivity contribution in [2.45, 2.75) is 102 Å². The molecule has 2 amide bonds. The van der Waals surface area contributed by atoms with Crippen molar-refractivity contribution in [3.8, 4) is 0 Å². The van der Waals surface area contributed by atoms with Crippen molar-refractivity contribution < 1.29 is 4.79 Å². The van der Waals surface area contributed by atoms with Crippen molar-refractivity contribution in [3.05, 3.63) is 0 Å². The Bertz CT molecular complexity index is 502. The summed E-state index contributed by atoms with van der Waals surface area (Å²) >= 11 is 0. The van der Waals surface area contributed by atoms with Crippen LogP contribution in [0, 0.1) is 11.8 Å². The average Bonchev–Trinajstić information content (AvgIpc) is 2.72. The lowest BCUT2D eigenvalue weighted by atomic mass is 9.72. The summed E-state index contributed by atoms with van der Waals surface area (Å²) in [5, 5.41) is 16.8. The van der Waals surface area contributed by atoms with Crippen LogP contribution in [0.25, 0.3) is 0 Å². The van der Waals surface area contributed by atoms with Crippen molar-refractivity contribution in [1.82, 2.24) is 31.5 Å². The van der Waals surface area contributed by atoms with E-state index in [0.717, 1.165) is 50.6 Å². The fraction of sp³-hybridized carbons (Fsp3) is 0.957. The molecule has 2 aliphatic carbocycles. The maximum atomic E-state index is 12.6. The Kier molecular flexibility index (Phi) is 9.68. The van der Waals surface area contributed by atoms with Gasteiger partial charge in [-0.3, -0.25) is 10.6 Å². The van der Waals surface area contributed by atoms with E-state index in [1.807, 2.05) is 0 Å². The highest BCUT2D eigenvalue weighted by Crippen LogP contribution is 2.38. The first-order valence-corrected chi connectivity index (χ1v) is 12.5. The number of amides is 2. The van der Waals surface area contributed by atoms with Crippen molar-refractivity contribution in [2.75, 3.05) is 27.2 Å². The van der Waals surface area contributed by atoms with Crippen molar-refractivity contribution in [2.24, 2.45) is 11.8 Å². The molecule has 1 heterocycles. The van der Waals surface area contributed by atoms with E-state index in [0.29, 0.717) is 12.1 Å². The number of urea groups is 1. The molecular weight excluding hydrogens is 376 g/mol. The fourth-order valence-electron chi connectivity index (χ4n) is 5.62. The third-order valence-corrected chi connectivity index (χ3v) is 7.28. The molecule has 0 bridgehead atoms. The van der Waals surface area contributed by atoms with E-state index in [1.54, 1.807) is 0 Å². The number of rotatable bonds is 8. The second kappa shape index (κ2) is 12.2. The molecule has 0 spiro atoms. The van der Waals surface area contributed by atoms with Crippen LogP contribution in [-0.2, 0) is 0 Å². The lowest BCUT2D eigenvalue weighted by Gasteiger charge is -2.38. The van der Waals surface area contributed by atoms with Gasteiger partial charge in [0.2, 0.25) is 0 Å². The molecule has 0 aromatic heterocycles. The zero-order valence-corrected chi connectivity index (χ0v) is 19.5. The number of nitrogens with one attached hydrogen (secondary N) is 5. The van der Waals surface area contributed by atoms with Crippen molar-refractivity contribution in [3.63, 3.8) is 0 Å². The van der Waals surface area contributed by atoms with Gasteiger partial charge in [-0.05, 0) is 84.5 Å². The number of hydrogen-bond donors (Lipinski definition) is 5. The molecule has 3 rings (SSSR count). The summed E-state index contributed by atoms with van der Waals surface area (Å²) < 4.78 is 0. The van der Waals surface area contributed by atoms with Crippen LogP contribution in [0.2, 0.25) is 0 Å². The van der Waals surface area contributed by atoms with Crippen LogP contribution in [0.15, 0.2) is 0 Å². The molecule has 0 aromatic rings. The smallest absolute Gasteiger partial charge is 0.317 e. The predicted octanol–water partition coefficient (Wildman–Crippen LogP) is 2.55. The largest absolute Gasteiger partial charge is 0.335 e. The van der Waals surface area contributed by atoms with E-state index < -0.39 is 0 Å². The highest BCUT2D eigenvalue weighted by molar-refractivity contribution is 5.74. The molecule has 7 nitrogen and oxygen atoms in total. The average molecular weight is 423 g/mol. The van der Waals surface area contributed by atoms with Gasteiger partial charge in [-0.15, -0.1) is 0 Å². The predicted molar refractivity (Wildman–Crippen MR) is 123 cm³/mol. The summed E-state index contributed by atoms with van der Waals surface area (Å²) in [6, 6.07) is 0.626. The van der Waals surface area contributed by atoms with Gasteiger partial charge < -0.3 is 20.9 Å². The van der Waals surface area contributed by atoms with Crippen LogP contribution >= 0.6 is 0 Å². The molecule has 7 heteroatoms. The Balaban J connectivity index is 1.33. The van der Waals surface area contributed by atoms with Crippen LogP contribution in [-0.4, -0.2) is 62.7 Å². The topological polar surface area (TPSA) is 80.5 Å². The van der Waals surface area contributed by atoms with Gasteiger partial charge >= 0.3 is 6.03 Å². The van der Waals surface area contributed by atoms with Crippen LogP contribution in [0.4, 0.5) is 4.79 Å². The Morgan fingerprint density at radius 1 is 0.933 bits per heavy atom. The van der Waals surface area contributed by atoms with E-state index in [2.05, 4.69) is 52.5 Å². The lowest BCUT2D eigenvalue weighted by Crippen LogP contribution is -2.68. The van der Waals surface area contributed by atoms with Crippen LogP contribution in [0.5, 0.6) is 0 Å². The van der Waals surface area contributed by atoms with Gasteiger partial charge in [-0.1, -0.05) is 32.1 Å². The molecule has 0 aromatic carbocycles. The molecule has 0 radical (unpaired) electrons. The summed E-state index contributed by atoms with van der Waals surface area (Å²) in [5.74, 6) is 1.85. The zero-order valence-electron chi connectivity index (χ0n) is 19.5. The second-order valence-electron chi connectivity index (χ2n) is 10.2. The molecule has 5 N–H and O–H groups in total. The first-order valence-electron chi connectivity index (χ1n) is 12.5. The Labute approximate surface area is 183 Å².